The number of carboxylic acids is 1. The second kappa shape index (κ2) is 7.21. The quantitative estimate of drug-likeness (QED) is 0.841. The summed E-state index contributed by atoms with van der Waals surface area (Å²) in [6, 6.07) is 16.6. The van der Waals surface area contributed by atoms with Crippen molar-refractivity contribution in [3.05, 3.63) is 59.7 Å². The molecule has 0 aromatic heterocycles. The van der Waals surface area contributed by atoms with Gasteiger partial charge in [-0.1, -0.05) is 48.5 Å². The van der Waals surface area contributed by atoms with E-state index in [0.29, 0.717) is 19.7 Å². The fraction of sp³-hybridized carbons (Fsp3) is 0.417. The van der Waals surface area contributed by atoms with Gasteiger partial charge in [-0.3, -0.25) is 4.79 Å². The molecular formula is C24H25NO4. The van der Waals surface area contributed by atoms with E-state index in [4.69, 9.17) is 9.84 Å². The summed E-state index contributed by atoms with van der Waals surface area (Å²) >= 11 is 0. The van der Waals surface area contributed by atoms with Crippen LogP contribution >= 0.6 is 0 Å². The number of hydrogen-bond acceptors (Lipinski definition) is 3. The van der Waals surface area contributed by atoms with Gasteiger partial charge in [0.1, 0.15) is 6.61 Å². The standard InChI is InChI=1S/C24H25NO4/c26-23(27)11-21-15-9-10-16(21)13-25(12-15)24(28)29-14-22-19-7-3-1-5-17(19)18-6-2-4-8-20(18)22/h1-8,15-16,21-22H,9-14H2,(H,26,27). The second-order valence-corrected chi connectivity index (χ2v) is 8.57. The molecule has 0 radical (unpaired) electrons. The molecule has 1 amide bonds. The molecule has 5 rings (SSSR count). The van der Waals surface area contributed by atoms with Crippen LogP contribution < -0.4 is 0 Å². The van der Waals surface area contributed by atoms with E-state index in [0.717, 1.165) is 12.8 Å². The molecule has 2 fully saturated rings. The summed E-state index contributed by atoms with van der Waals surface area (Å²) in [4.78, 5) is 25.8. The first-order chi connectivity index (χ1) is 14.1. The summed E-state index contributed by atoms with van der Waals surface area (Å²) in [5.41, 5.74) is 4.86. The molecule has 1 saturated carbocycles. The zero-order chi connectivity index (χ0) is 20.0. The van der Waals surface area contributed by atoms with Crippen LogP contribution in [0.2, 0.25) is 0 Å². The number of carbonyl (C=O) groups is 2. The predicted molar refractivity (Wildman–Crippen MR) is 109 cm³/mol. The van der Waals surface area contributed by atoms with Gasteiger partial charge in [-0.25, -0.2) is 4.79 Å². The number of carboxylic acid groups (broad SMARTS) is 1. The van der Waals surface area contributed by atoms with Gasteiger partial charge in [-0.05, 0) is 52.8 Å². The van der Waals surface area contributed by atoms with Crippen molar-refractivity contribution in [2.75, 3.05) is 19.7 Å². The molecule has 2 bridgehead atoms. The molecule has 0 spiro atoms. The summed E-state index contributed by atoms with van der Waals surface area (Å²) in [7, 11) is 0. The first kappa shape index (κ1) is 18.2. The number of piperidine rings is 1. The molecule has 2 aromatic rings. The van der Waals surface area contributed by atoms with Crippen molar-refractivity contribution < 1.29 is 19.4 Å². The smallest absolute Gasteiger partial charge is 0.409 e. The van der Waals surface area contributed by atoms with Crippen LogP contribution in [0.1, 0.15) is 36.3 Å². The zero-order valence-corrected chi connectivity index (χ0v) is 16.3. The molecule has 29 heavy (non-hydrogen) atoms. The van der Waals surface area contributed by atoms with Crippen molar-refractivity contribution in [2.24, 2.45) is 17.8 Å². The number of carbonyl (C=O) groups excluding carboxylic acids is 1. The number of benzene rings is 2. The fourth-order valence-electron chi connectivity index (χ4n) is 5.70. The third-order valence-corrected chi connectivity index (χ3v) is 7.03. The van der Waals surface area contributed by atoms with E-state index in [2.05, 4.69) is 24.3 Å². The lowest BCUT2D eigenvalue weighted by atomic mass is 9.83. The van der Waals surface area contributed by atoms with Gasteiger partial charge in [0.05, 0.1) is 0 Å². The highest BCUT2D eigenvalue weighted by Crippen LogP contribution is 2.45. The lowest BCUT2D eigenvalue weighted by molar-refractivity contribution is -0.139. The number of hydrogen-bond donors (Lipinski definition) is 1. The van der Waals surface area contributed by atoms with Crippen LogP contribution in [0.5, 0.6) is 0 Å². The van der Waals surface area contributed by atoms with E-state index >= 15 is 0 Å². The molecule has 1 saturated heterocycles. The molecule has 1 heterocycles. The number of aliphatic carboxylic acids is 1. The summed E-state index contributed by atoms with van der Waals surface area (Å²) in [5, 5.41) is 9.16. The molecule has 2 unspecified atom stereocenters. The Morgan fingerprint density at radius 2 is 1.48 bits per heavy atom. The molecule has 1 aliphatic heterocycles. The van der Waals surface area contributed by atoms with Crippen LogP contribution in [0.4, 0.5) is 4.79 Å². The van der Waals surface area contributed by atoms with E-state index in [-0.39, 0.29) is 36.2 Å². The number of nitrogens with zero attached hydrogens (tertiary/aromatic N) is 1. The lowest BCUT2D eigenvalue weighted by Gasteiger charge is -2.37. The highest BCUT2D eigenvalue weighted by Gasteiger charge is 2.44. The Labute approximate surface area is 170 Å². The van der Waals surface area contributed by atoms with Crippen molar-refractivity contribution in [3.8, 4) is 11.1 Å². The van der Waals surface area contributed by atoms with Crippen LogP contribution in [-0.4, -0.2) is 41.8 Å². The van der Waals surface area contributed by atoms with Gasteiger partial charge in [0.25, 0.3) is 0 Å². The topological polar surface area (TPSA) is 66.8 Å². The van der Waals surface area contributed by atoms with E-state index in [1.54, 1.807) is 4.90 Å². The molecule has 2 atom stereocenters. The molecule has 150 valence electrons. The number of fused-ring (bicyclic) bond motifs is 5. The summed E-state index contributed by atoms with van der Waals surface area (Å²) in [6.45, 7) is 1.56. The molecule has 2 aromatic carbocycles. The Balaban J connectivity index is 1.27. The number of amides is 1. The van der Waals surface area contributed by atoms with Gasteiger partial charge in [-0.15, -0.1) is 0 Å². The van der Waals surface area contributed by atoms with E-state index in [1.165, 1.54) is 22.3 Å². The van der Waals surface area contributed by atoms with Crippen LogP contribution in [-0.2, 0) is 9.53 Å². The van der Waals surface area contributed by atoms with E-state index < -0.39 is 5.97 Å². The van der Waals surface area contributed by atoms with Gasteiger partial charge >= 0.3 is 12.1 Å². The van der Waals surface area contributed by atoms with Gasteiger partial charge in [0.2, 0.25) is 0 Å². The monoisotopic (exact) mass is 391 g/mol. The minimum Gasteiger partial charge on any atom is -0.481 e. The maximum absolute atomic E-state index is 12.8. The van der Waals surface area contributed by atoms with Gasteiger partial charge < -0.3 is 14.7 Å². The highest BCUT2D eigenvalue weighted by molar-refractivity contribution is 5.79. The first-order valence-corrected chi connectivity index (χ1v) is 10.4. The Morgan fingerprint density at radius 1 is 0.931 bits per heavy atom. The van der Waals surface area contributed by atoms with Gasteiger partial charge in [-0.2, -0.15) is 0 Å². The lowest BCUT2D eigenvalue weighted by Crippen LogP contribution is -2.46. The predicted octanol–water partition coefficient (Wildman–Crippen LogP) is 4.37. The van der Waals surface area contributed by atoms with Crippen molar-refractivity contribution in [1.82, 2.24) is 4.90 Å². The molecule has 5 nitrogen and oxygen atoms in total. The minimum atomic E-state index is -0.735. The average Bonchev–Trinajstić information content (AvgIpc) is 3.14. The molecule has 3 aliphatic rings. The van der Waals surface area contributed by atoms with Crippen molar-refractivity contribution in [3.63, 3.8) is 0 Å². The number of likely N-dealkylation sites (tertiary alicyclic amines) is 1. The Kier molecular flexibility index (Phi) is 4.53. The maximum atomic E-state index is 12.8. The fourth-order valence-corrected chi connectivity index (χ4v) is 5.70. The normalized spacial score (nSPS) is 24.8. The van der Waals surface area contributed by atoms with Gasteiger partial charge in [0.15, 0.2) is 0 Å². The number of rotatable bonds is 4. The molecule has 5 heteroatoms. The minimum absolute atomic E-state index is 0.0626. The Hall–Kier alpha value is -2.82. The first-order valence-electron chi connectivity index (χ1n) is 10.4. The zero-order valence-electron chi connectivity index (χ0n) is 16.3. The second-order valence-electron chi connectivity index (χ2n) is 8.57. The molecule has 2 aliphatic carbocycles. The van der Waals surface area contributed by atoms with E-state index in [9.17, 15) is 9.59 Å². The SMILES string of the molecule is O=C(O)CC1C2CCC1CN(C(=O)OCC1c3ccccc3-c3ccccc31)C2. The van der Waals surface area contributed by atoms with Crippen LogP contribution in [0.3, 0.4) is 0 Å². The summed E-state index contributed by atoms with van der Waals surface area (Å²) < 4.78 is 5.79. The largest absolute Gasteiger partial charge is 0.481 e. The van der Waals surface area contributed by atoms with Gasteiger partial charge in [0, 0.05) is 25.4 Å². The third-order valence-electron chi connectivity index (χ3n) is 7.03. The maximum Gasteiger partial charge on any atom is 0.409 e. The molecule has 1 N–H and O–H groups in total. The van der Waals surface area contributed by atoms with Crippen LogP contribution in [0.15, 0.2) is 48.5 Å². The Bertz CT molecular complexity index is 896. The third kappa shape index (κ3) is 3.18. The van der Waals surface area contributed by atoms with Crippen LogP contribution in [0.25, 0.3) is 11.1 Å². The van der Waals surface area contributed by atoms with Crippen molar-refractivity contribution in [2.45, 2.75) is 25.2 Å². The van der Waals surface area contributed by atoms with Crippen molar-refractivity contribution in [1.29, 1.82) is 0 Å². The van der Waals surface area contributed by atoms with Crippen LogP contribution in [0, 0.1) is 17.8 Å². The summed E-state index contributed by atoms with van der Waals surface area (Å²) in [6.07, 6.45) is 1.97. The highest BCUT2D eigenvalue weighted by atomic mass is 16.6. The Morgan fingerprint density at radius 3 is 2.03 bits per heavy atom. The number of ether oxygens (including phenoxy) is 1. The average molecular weight is 391 g/mol. The van der Waals surface area contributed by atoms with E-state index in [1.807, 2.05) is 24.3 Å². The van der Waals surface area contributed by atoms with Crippen molar-refractivity contribution >= 4 is 12.1 Å². The summed E-state index contributed by atoms with van der Waals surface area (Å²) in [5.74, 6) is 0.0925. The molecular weight excluding hydrogens is 366 g/mol.